The van der Waals surface area contributed by atoms with E-state index >= 15 is 0 Å². The predicted octanol–water partition coefficient (Wildman–Crippen LogP) is 0.0701. The molecule has 0 spiro atoms. The highest BCUT2D eigenvalue weighted by Gasteiger charge is 2.39. The first kappa shape index (κ1) is 15.4. The molecule has 0 aromatic carbocycles. The van der Waals surface area contributed by atoms with E-state index in [4.69, 9.17) is 11.2 Å². The zero-order chi connectivity index (χ0) is 15.2. The van der Waals surface area contributed by atoms with Gasteiger partial charge >= 0.3 is 5.97 Å². The van der Waals surface area contributed by atoms with E-state index < -0.39 is 17.8 Å². The lowest BCUT2D eigenvalue weighted by atomic mass is 10.1. The first-order chi connectivity index (χ1) is 10.1. The van der Waals surface area contributed by atoms with E-state index in [2.05, 4.69) is 11.2 Å². The number of carbonyl (C=O) groups is 3. The molecule has 2 fully saturated rings. The van der Waals surface area contributed by atoms with E-state index in [1.807, 2.05) is 0 Å². The molecule has 6 nitrogen and oxygen atoms in total. The Kier molecular flexibility index (Phi) is 5.20. The van der Waals surface area contributed by atoms with Crippen LogP contribution in [0.4, 0.5) is 0 Å². The fourth-order valence-electron chi connectivity index (χ4n) is 2.91. The van der Waals surface area contributed by atoms with Crippen molar-refractivity contribution in [3.8, 4) is 12.3 Å². The third kappa shape index (κ3) is 3.97. The minimum absolute atomic E-state index is 0.0145. The van der Waals surface area contributed by atoms with Gasteiger partial charge in [-0.1, -0.05) is 18.8 Å². The summed E-state index contributed by atoms with van der Waals surface area (Å²) in [6, 6.07) is 0.272. The number of terminal acetylenes is 1. The van der Waals surface area contributed by atoms with Gasteiger partial charge in [-0.3, -0.25) is 14.4 Å². The van der Waals surface area contributed by atoms with Gasteiger partial charge in [-0.25, -0.2) is 0 Å². The largest absolute Gasteiger partial charge is 0.455 e. The maximum absolute atomic E-state index is 12.0. The molecule has 2 aliphatic rings. The van der Waals surface area contributed by atoms with Crippen LogP contribution in [0.25, 0.3) is 0 Å². The second-order valence-electron chi connectivity index (χ2n) is 5.47. The van der Waals surface area contributed by atoms with Crippen molar-refractivity contribution in [2.75, 3.05) is 19.7 Å². The molecule has 1 atom stereocenters. The van der Waals surface area contributed by atoms with Crippen molar-refractivity contribution >= 4 is 17.8 Å². The van der Waals surface area contributed by atoms with Gasteiger partial charge in [-0.15, -0.1) is 6.42 Å². The Morgan fingerprint density at radius 1 is 1.38 bits per heavy atom. The molecule has 0 aromatic heterocycles. The van der Waals surface area contributed by atoms with Gasteiger partial charge in [0.05, 0.1) is 12.5 Å². The maximum Gasteiger partial charge on any atom is 0.311 e. The number of hydrogen-bond acceptors (Lipinski definition) is 4. The van der Waals surface area contributed by atoms with Gasteiger partial charge in [-0.05, 0) is 12.8 Å². The van der Waals surface area contributed by atoms with E-state index in [-0.39, 0.29) is 31.5 Å². The molecule has 2 rings (SSSR count). The van der Waals surface area contributed by atoms with Crippen LogP contribution in [0.5, 0.6) is 0 Å². The normalized spacial score (nSPS) is 22.1. The lowest BCUT2D eigenvalue weighted by molar-refractivity contribution is -0.152. The van der Waals surface area contributed by atoms with Crippen molar-refractivity contribution in [2.45, 2.75) is 38.1 Å². The summed E-state index contributed by atoms with van der Waals surface area (Å²) in [5.41, 5.74) is 0. The second kappa shape index (κ2) is 7.11. The fraction of sp³-hybridized carbons (Fsp3) is 0.667. The first-order valence-electron chi connectivity index (χ1n) is 7.28. The Balaban J connectivity index is 1.77. The lowest BCUT2D eigenvalue weighted by Gasteiger charge is -2.23. The van der Waals surface area contributed by atoms with Crippen molar-refractivity contribution in [3.05, 3.63) is 0 Å². The number of rotatable bonds is 5. The maximum atomic E-state index is 12.0. The molecule has 1 aliphatic heterocycles. The minimum Gasteiger partial charge on any atom is -0.455 e. The zero-order valence-electron chi connectivity index (χ0n) is 12.0. The van der Waals surface area contributed by atoms with Gasteiger partial charge in [0.15, 0.2) is 6.61 Å². The lowest BCUT2D eigenvalue weighted by Crippen LogP contribution is -2.35. The van der Waals surface area contributed by atoms with Crippen LogP contribution < -0.4 is 5.32 Å². The van der Waals surface area contributed by atoms with Crippen LogP contribution >= 0.6 is 0 Å². The number of ether oxygens (including phenoxy) is 1. The quantitative estimate of drug-likeness (QED) is 0.575. The average Bonchev–Trinajstić information content (AvgIpc) is 3.11. The molecule has 1 N–H and O–H groups in total. The van der Waals surface area contributed by atoms with Crippen LogP contribution in [0.3, 0.4) is 0 Å². The summed E-state index contributed by atoms with van der Waals surface area (Å²) in [6.45, 7) is 0.163. The highest BCUT2D eigenvalue weighted by atomic mass is 16.5. The highest BCUT2D eigenvalue weighted by molar-refractivity contribution is 5.88. The van der Waals surface area contributed by atoms with E-state index in [0.29, 0.717) is 6.54 Å². The standard InChI is InChI=1S/C15H20N2O4/c1-2-7-16-13(18)10-21-15(20)11-8-14(19)17(9-11)12-5-3-4-6-12/h1,11-12H,3-10H2,(H,16,18)/t11-/m0/s1. The van der Waals surface area contributed by atoms with Crippen LogP contribution in [0.1, 0.15) is 32.1 Å². The molecular weight excluding hydrogens is 272 g/mol. The van der Waals surface area contributed by atoms with Crippen LogP contribution in [-0.2, 0) is 19.1 Å². The SMILES string of the molecule is C#CCNC(=O)COC(=O)[C@H]1CC(=O)N(C2CCCC2)C1. The molecule has 1 heterocycles. The monoisotopic (exact) mass is 292 g/mol. The first-order valence-corrected chi connectivity index (χ1v) is 7.28. The van der Waals surface area contributed by atoms with E-state index in [1.165, 1.54) is 0 Å². The Morgan fingerprint density at radius 3 is 2.76 bits per heavy atom. The second-order valence-corrected chi connectivity index (χ2v) is 5.47. The molecule has 1 saturated carbocycles. The van der Waals surface area contributed by atoms with Crippen LogP contribution in [0, 0.1) is 18.3 Å². The van der Waals surface area contributed by atoms with Crippen LogP contribution in [-0.4, -0.2) is 48.4 Å². The van der Waals surface area contributed by atoms with E-state index in [1.54, 1.807) is 4.90 Å². The molecular formula is C15H20N2O4. The van der Waals surface area contributed by atoms with Gasteiger partial charge in [0.2, 0.25) is 5.91 Å². The number of likely N-dealkylation sites (tertiary alicyclic amines) is 1. The molecule has 114 valence electrons. The number of carbonyl (C=O) groups excluding carboxylic acids is 3. The summed E-state index contributed by atoms with van der Waals surface area (Å²) in [4.78, 5) is 37.0. The Morgan fingerprint density at radius 2 is 2.10 bits per heavy atom. The molecule has 1 saturated heterocycles. The molecule has 1 aliphatic carbocycles. The van der Waals surface area contributed by atoms with Gasteiger partial charge in [0.1, 0.15) is 0 Å². The van der Waals surface area contributed by atoms with E-state index in [0.717, 1.165) is 25.7 Å². The fourth-order valence-corrected chi connectivity index (χ4v) is 2.91. The summed E-state index contributed by atoms with van der Waals surface area (Å²) >= 11 is 0. The van der Waals surface area contributed by atoms with Crippen molar-refractivity contribution in [1.82, 2.24) is 10.2 Å². The van der Waals surface area contributed by atoms with Gasteiger partial charge in [0, 0.05) is 19.0 Å². The third-order valence-electron chi connectivity index (χ3n) is 3.99. The number of amides is 2. The summed E-state index contributed by atoms with van der Waals surface area (Å²) in [5, 5.41) is 2.41. The Labute approximate surface area is 124 Å². The van der Waals surface area contributed by atoms with Gasteiger partial charge < -0.3 is 15.0 Å². The molecule has 2 amide bonds. The molecule has 6 heteroatoms. The summed E-state index contributed by atoms with van der Waals surface area (Å²) < 4.78 is 4.95. The minimum atomic E-state index is -0.486. The van der Waals surface area contributed by atoms with Crippen LogP contribution in [0.2, 0.25) is 0 Å². The van der Waals surface area contributed by atoms with Gasteiger partial charge in [-0.2, -0.15) is 0 Å². The number of esters is 1. The van der Waals surface area contributed by atoms with E-state index in [9.17, 15) is 14.4 Å². The number of hydrogen-bond donors (Lipinski definition) is 1. The van der Waals surface area contributed by atoms with Crippen molar-refractivity contribution < 1.29 is 19.1 Å². The van der Waals surface area contributed by atoms with Crippen molar-refractivity contribution in [3.63, 3.8) is 0 Å². The predicted molar refractivity (Wildman–Crippen MR) is 74.9 cm³/mol. The molecule has 21 heavy (non-hydrogen) atoms. The number of nitrogens with zero attached hydrogens (tertiary/aromatic N) is 1. The Hall–Kier alpha value is -2.03. The van der Waals surface area contributed by atoms with Crippen molar-refractivity contribution in [1.29, 1.82) is 0 Å². The zero-order valence-corrected chi connectivity index (χ0v) is 12.0. The molecule has 0 bridgehead atoms. The molecule has 0 unspecified atom stereocenters. The van der Waals surface area contributed by atoms with Gasteiger partial charge in [0.25, 0.3) is 5.91 Å². The van der Waals surface area contributed by atoms with Crippen molar-refractivity contribution in [2.24, 2.45) is 5.92 Å². The Bertz CT molecular complexity index is 463. The van der Waals surface area contributed by atoms with Crippen LogP contribution in [0.15, 0.2) is 0 Å². The molecule has 0 radical (unpaired) electrons. The molecule has 0 aromatic rings. The smallest absolute Gasteiger partial charge is 0.311 e. The summed E-state index contributed by atoms with van der Waals surface area (Å²) in [5.74, 6) is 0.897. The highest BCUT2D eigenvalue weighted by Crippen LogP contribution is 2.29. The topological polar surface area (TPSA) is 75.7 Å². The summed E-state index contributed by atoms with van der Waals surface area (Å²) in [6.07, 6.45) is 9.50. The third-order valence-corrected chi connectivity index (χ3v) is 3.99. The number of nitrogens with one attached hydrogen (secondary N) is 1. The average molecular weight is 292 g/mol. The summed E-state index contributed by atoms with van der Waals surface area (Å²) in [7, 11) is 0.